The van der Waals surface area contributed by atoms with E-state index < -0.39 is 0 Å². The minimum atomic E-state index is -0.359. The van der Waals surface area contributed by atoms with Crippen molar-refractivity contribution in [2.24, 2.45) is 0 Å². The Morgan fingerprint density at radius 3 is 2.88 bits per heavy atom. The van der Waals surface area contributed by atoms with Gasteiger partial charge in [-0.05, 0) is 50.4 Å². The van der Waals surface area contributed by atoms with E-state index in [1.807, 2.05) is 0 Å². The minimum Gasteiger partial charge on any atom is -0.320 e. The molecule has 0 bridgehead atoms. The van der Waals surface area contributed by atoms with Crippen molar-refractivity contribution in [3.05, 3.63) is 52.8 Å². The molecule has 1 atom stereocenters. The van der Waals surface area contributed by atoms with Crippen molar-refractivity contribution in [3.8, 4) is 0 Å². The molecule has 0 aliphatic carbocycles. The van der Waals surface area contributed by atoms with Gasteiger partial charge in [-0.2, -0.15) is 0 Å². The zero-order valence-electron chi connectivity index (χ0n) is 17.7. The summed E-state index contributed by atoms with van der Waals surface area (Å²) >= 11 is 1.34. The number of hydrogen-bond acceptors (Lipinski definition) is 7. The lowest BCUT2D eigenvalue weighted by Gasteiger charge is -2.23. The number of aryl methyl sites for hydroxylation is 1. The summed E-state index contributed by atoms with van der Waals surface area (Å²) in [7, 11) is 0. The van der Waals surface area contributed by atoms with Crippen LogP contribution in [0.4, 0.5) is 10.8 Å². The van der Waals surface area contributed by atoms with Crippen LogP contribution in [0, 0.1) is 6.92 Å². The summed E-state index contributed by atoms with van der Waals surface area (Å²) < 4.78 is 1.70. The zero-order chi connectivity index (χ0) is 21.6. The first-order valence-electron chi connectivity index (χ1n) is 10.4. The molecule has 2 aromatic heterocycles. The highest BCUT2D eigenvalue weighted by Gasteiger charge is 2.17. The van der Waals surface area contributed by atoms with Crippen molar-refractivity contribution in [2.45, 2.75) is 45.2 Å². The van der Waals surface area contributed by atoms with Gasteiger partial charge in [0, 0.05) is 35.4 Å². The van der Waals surface area contributed by atoms with Crippen LogP contribution in [-0.2, 0) is 6.54 Å². The maximum atomic E-state index is 12.7. The summed E-state index contributed by atoms with van der Waals surface area (Å²) in [6.45, 7) is 3.57. The Morgan fingerprint density at radius 1 is 1.25 bits per heavy atom. The minimum absolute atomic E-state index is 0. The second kappa shape index (κ2) is 11.2. The lowest BCUT2D eigenvalue weighted by molar-refractivity contribution is 0.101. The number of nitrogens with one attached hydrogen (secondary N) is 3. The molecule has 0 radical (unpaired) electrons. The molecular formula is C21H26ClN7O2S. The smallest absolute Gasteiger partial charge is 0.277 e. The molecule has 1 saturated heterocycles. The van der Waals surface area contributed by atoms with Gasteiger partial charge in [0.15, 0.2) is 10.8 Å². The summed E-state index contributed by atoms with van der Waals surface area (Å²) in [6, 6.07) is 5.69. The molecule has 1 aliphatic rings. The van der Waals surface area contributed by atoms with Gasteiger partial charge in [0.25, 0.3) is 11.8 Å². The number of aromatic nitrogens is 4. The van der Waals surface area contributed by atoms with Crippen molar-refractivity contribution < 1.29 is 9.59 Å². The first kappa shape index (κ1) is 23.8. The molecule has 1 aliphatic heterocycles. The van der Waals surface area contributed by atoms with E-state index in [9.17, 15) is 9.59 Å². The first-order valence-corrected chi connectivity index (χ1v) is 11.2. The number of thiazole rings is 1. The highest BCUT2D eigenvalue weighted by atomic mass is 35.5. The predicted molar refractivity (Wildman–Crippen MR) is 127 cm³/mol. The zero-order valence-corrected chi connectivity index (χ0v) is 19.3. The molecule has 11 heteroatoms. The van der Waals surface area contributed by atoms with Crippen LogP contribution < -0.4 is 16.0 Å². The van der Waals surface area contributed by atoms with E-state index in [-0.39, 0.29) is 29.9 Å². The summed E-state index contributed by atoms with van der Waals surface area (Å²) in [5, 5.41) is 19.5. The average Bonchev–Trinajstić information content (AvgIpc) is 3.46. The Hall–Kier alpha value is -2.82. The number of rotatable bonds is 7. The molecule has 32 heavy (non-hydrogen) atoms. The topological polar surface area (TPSA) is 114 Å². The van der Waals surface area contributed by atoms with E-state index in [4.69, 9.17) is 0 Å². The molecule has 170 valence electrons. The number of carbonyl (C=O) groups is 2. The van der Waals surface area contributed by atoms with E-state index in [0.717, 1.165) is 13.0 Å². The van der Waals surface area contributed by atoms with Crippen LogP contribution in [-0.4, -0.2) is 44.4 Å². The monoisotopic (exact) mass is 475 g/mol. The van der Waals surface area contributed by atoms with Crippen LogP contribution in [0.1, 0.15) is 52.1 Å². The third-order valence-corrected chi connectivity index (χ3v) is 6.06. The highest BCUT2D eigenvalue weighted by Crippen LogP contribution is 2.21. The van der Waals surface area contributed by atoms with E-state index in [0.29, 0.717) is 34.5 Å². The fourth-order valence-corrected chi connectivity index (χ4v) is 4.15. The number of benzene rings is 1. The number of amides is 2. The Morgan fingerprint density at radius 2 is 2.12 bits per heavy atom. The van der Waals surface area contributed by atoms with Crippen molar-refractivity contribution in [1.29, 1.82) is 0 Å². The van der Waals surface area contributed by atoms with E-state index >= 15 is 0 Å². The summed E-state index contributed by atoms with van der Waals surface area (Å²) in [6.07, 6.45) is 7.91. The van der Waals surface area contributed by atoms with E-state index in [2.05, 4.69) is 31.2 Å². The van der Waals surface area contributed by atoms with Gasteiger partial charge in [0.2, 0.25) is 0 Å². The lowest BCUT2D eigenvalue weighted by Crippen LogP contribution is -2.34. The Balaban J connectivity index is 0.00000289. The number of anilines is 2. The summed E-state index contributed by atoms with van der Waals surface area (Å²) in [5.41, 5.74) is 1.93. The summed E-state index contributed by atoms with van der Waals surface area (Å²) in [5.74, 6) is -0.631. The molecule has 1 unspecified atom stereocenters. The van der Waals surface area contributed by atoms with Gasteiger partial charge in [0.1, 0.15) is 0 Å². The van der Waals surface area contributed by atoms with Crippen LogP contribution in [0.15, 0.2) is 36.0 Å². The molecule has 9 nitrogen and oxygen atoms in total. The van der Waals surface area contributed by atoms with Gasteiger partial charge in [0.05, 0.1) is 6.20 Å². The number of halogens is 1. The SMILES string of the molecule is Cc1c(NC(=O)c2cn(CCC3CCCCN3)nn2)cccc1C(=O)Nc1nccs1.Cl. The maximum Gasteiger partial charge on any atom is 0.277 e. The normalized spacial score (nSPS) is 15.6. The lowest BCUT2D eigenvalue weighted by atomic mass is 10.0. The molecule has 2 amide bonds. The number of nitrogens with zero attached hydrogens (tertiary/aromatic N) is 4. The molecule has 1 aromatic carbocycles. The third kappa shape index (κ3) is 5.90. The van der Waals surface area contributed by atoms with Gasteiger partial charge in [-0.15, -0.1) is 28.8 Å². The van der Waals surface area contributed by atoms with Gasteiger partial charge in [-0.25, -0.2) is 4.98 Å². The second-order valence-corrected chi connectivity index (χ2v) is 8.42. The largest absolute Gasteiger partial charge is 0.320 e. The van der Waals surface area contributed by atoms with Crippen LogP contribution in [0.5, 0.6) is 0 Å². The first-order chi connectivity index (χ1) is 15.1. The molecule has 0 saturated carbocycles. The van der Waals surface area contributed by atoms with Gasteiger partial charge >= 0.3 is 0 Å². The molecule has 3 heterocycles. The number of carbonyl (C=O) groups excluding carboxylic acids is 2. The molecule has 3 N–H and O–H groups in total. The van der Waals surface area contributed by atoms with Crippen molar-refractivity contribution in [1.82, 2.24) is 25.3 Å². The van der Waals surface area contributed by atoms with E-state index in [1.165, 1.54) is 30.6 Å². The maximum absolute atomic E-state index is 12.7. The van der Waals surface area contributed by atoms with Crippen molar-refractivity contribution >= 4 is 46.4 Å². The van der Waals surface area contributed by atoms with Crippen LogP contribution in [0.3, 0.4) is 0 Å². The Bertz CT molecular complexity index is 1050. The molecule has 3 aromatic rings. The molecule has 4 rings (SSSR count). The van der Waals surface area contributed by atoms with Gasteiger partial charge in [-0.3, -0.25) is 19.6 Å². The summed E-state index contributed by atoms with van der Waals surface area (Å²) in [4.78, 5) is 29.3. The standard InChI is InChI=1S/C21H25N7O2S.ClH/c1-14-16(19(29)25-21-23-10-12-31-21)6-4-7-17(14)24-20(30)18-13-28(27-26-18)11-8-15-5-2-3-9-22-15;/h4,6-7,10,12-13,15,22H,2-3,5,8-9,11H2,1H3,(H,24,30)(H,23,25,29);1H. The second-order valence-electron chi connectivity index (χ2n) is 7.53. The molecule has 0 spiro atoms. The molecular weight excluding hydrogens is 450 g/mol. The fraction of sp³-hybridized carbons (Fsp3) is 0.381. The molecule has 1 fully saturated rings. The van der Waals surface area contributed by atoms with Crippen molar-refractivity contribution in [2.75, 3.05) is 17.2 Å². The van der Waals surface area contributed by atoms with Gasteiger partial charge in [-0.1, -0.05) is 17.7 Å². The van der Waals surface area contributed by atoms with Crippen molar-refractivity contribution in [3.63, 3.8) is 0 Å². The Kier molecular flexibility index (Phi) is 8.32. The average molecular weight is 476 g/mol. The van der Waals surface area contributed by atoms with Gasteiger partial charge < -0.3 is 10.6 Å². The Labute approximate surface area is 196 Å². The van der Waals surface area contributed by atoms with E-state index in [1.54, 1.807) is 47.6 Å². The van der Waals surface area contributed by atoms with Crippen LogP contribution in [0.2, 0.25) is 0 Å². The fourth-order valence-electron chi connectivity index (χ4n) is 3.62. The van der Waals surface area contributed by atoms with Crippen LogP contribution >= 0.6 is 23.7 Å². The quantitative estimate of drug-likeness (QED) is 0.482. The predicted octanol–water partition coefficient (Wildman–Crippen LogP) is 3.50. The van der Waals surface area contributed by atoms with Crippen LogP contribution in [0.25, 0.3) is 0 Å². The highest BCUT2D eigenvalue weighted by molar-refractivity contribution is 7.13. The number of piperidine rings is 1. The third-order valence-electron chi connectivity index (χ3n) is 5.37. The number of hydrogen-bond donors (Lipinski definition) is 3.